The SMILES string of the molecule is CCN(C(=O)COC(=O)C[C@H]1Sc2ccccc2NC1=O)C1=CCCCC1. The van der Waals surface area contributed by atoms with Gasteiger partial charge in [-0.25, -0.2) is 0 Å². The molecule has 27 heavy (non-hydrogen) atoms. The van der Waals surface area contributed by atoms with E-state index in [-0.39, 0.29) is 24.8 Å². The molecule has 0 bridgehead atoms. The fourth-order valence-corrected chi connectivity index (χ4v) is 4.36. The van der Waals surface area contributed by atoms with Gasteiger partial charge < -0.3 is 15.0 Å². The average molecular weight is 388 g/mol. The van der Waals surface area contributed by atoms with Crippen molar-refractivity contribution in [2.75, 3.05) is 18.5 Å². The van der Waals surface area contributed by atoms with Gasteiger partial charge in [0, 0.05) is 17.1 Å². The van der Waals surface area contributed by atoms with Crippen molar-refractivity contribution in [3.8, 4) is 0 Å². The monoisotopic (exact) mass is 388 g/mol. The van der Waals surface area contributed by atoms with Crippen molar-refractivity contribution in [3.63, 3.8) is 0 Å². The summed E-state index contributed by atoms with van der Waals surface area (Å²) in [6, 6.07) is 7.46. The third kappa shape index (κ3) is 4.91. The molecule has 0 aromatic heterocycles. The summed E-state index contributed by atoms with van der Waals surface area (Å²) < 4.78 is 5.17. The van der Waals surface area contributed by atoms with Crippen LogP contribution in [0, 0.1) is 0 Å². The Labute approximate surface area is 163 Å². The zero-order valence-corrected chi connectivity index (χ0v) is 16.2. The smallest absolute Gasteiger partial charge is 0.307 e. The molecule has 1 aliphatic heterocycles. The Morgan fingerprint density at radius 2 is 2.11 bits per heavy atom. The number of nitrogens with one attached hydrogen (secondary N) is 1. The first-order valence-corrected chi connectivity index (χ1v) is 10.2. The van der Waals surface area contributed by atoms with Crippen molar-refractivity contribution >= 4 is 35.2 Å². The molecule has 0 saturated carbocycles. The Hall–Kier alpha value is -2.28. The van der Waals surface area contributed by atoms with Gasteiger partial charge in [-0.3, -0.25) is 14.4 Å². The Morgan fingerprint density at radius 1 is 1.30 bits per heavy atom. The number of carbonyl (C=O) groups excluding carboxylic acids is 3. The number of esters is 1. The first-order chi connectivity index (χ1) is 13.1. The van der Waals surface area contributed by atoms with E-state index in [1.165, 1.54) is 11.8 Å². The molecular formula is C20H24N2O4S. The van der Waals surface area contributed by atoms with Gasteiger partial charge in [0.2, 0.25) is 5.91 Å². The molecule has 6 nitrogen and oxygen atoms in total. The first-order valence-electron chi connectivity index (χ1n) is 9.30. The van der Waals surface area contributed by atoms with Gasteiger partial charge in [0.05, 0.1) is 17.4 Å². The topological polar surface area (TPSA) is 75.7 Å². The number of anilines is 1. The summed E-state index contributed by atoms with van der Waals surface area (Å²) in [5, 5.41) is 2.25. The summed E-state index contributed by atoms with van der Waals surface area (Å²) in [5.74, 6) is -0.973. The first kappa shape index (κ1) is 19.5. The van der Waals surface area contributed by atoms with Crippen LogP contribution in [0.15, 0.2) is 40.9 Å². The summed E-state index contributed by atoms with van der Waals surface area (Å²) in [5.41, 5.74) is 1.77. The Balaban J connectivity index is 1.51. The number of fused-ring (bicyclic) bond motifs is 1. The Morgan fingerprint density at radius 3 is 2.85 bits per heavy atom. The van der Waals surface area contributed by atoms with Gasteiger partial charge in [0.1, 0.15) is 0 Å². The fraction of sp³-hybridized carbons (Fsp3) is 0.450. The standard InChI is InChI=1S/C20H24N2O4S/c1-2-22(14-8-4-3-5-9-14)18(23)13-26-19(24)12-17-20(25)21-15-10-6-7-11-16(15)27-17/h6-8,10-11,17H,2-5,9,12-13H2,1H3,(H,21,25)/t17-/m1/s1. The van der Waals surface area contributed by atoms with E-state index in [1.54, 1.807) is 4.90 Å². The number of ether oxygens (including phenoxy) is 1. The van der Waals surface area contributed by atoms with Crippen molar-refractivity contribution < 1.29 is 19.1 Å². The molecule has 0 radical (unpaired) electrons. The highest BCUT2D eigenvalue weighted by Crippen LogP contribution is 2.36. The molecule has 1 atom stereocenters. The van der Waals surface area contributed by atoms with Crippen LogP contribution < -0.4 is 5.32 Å². The van der Waals surface area contributed by atoms with E-state index in [0.717, 1.165) is 42.0 Å². The third-order valence-electron chi connectivity index (χ3n) is 4.65. The van der Waals surface area contributed by atoms with E-state index in [2.05, 4.69) is 11.4 Å². The molecule has 1 aromatic rings. The molecule has 3 rings (SSSR count). The van der Waals surface area contributed by atoms with E-state index in [4.69, 9.17) is 4.74 Å². The molecule has 144 valence electrons. The largest absolute Gasteiger partial charge is 0.456 e. The molecule has 2 amide bonds. The van der Waals surface area contributed by atoms with Gasteiger partial charge in [-0.1, -0.05) is 18.2 Å². The Kier molecular flexibility index (Phi) is 6.55. The lowest BCUT2D eigenvalue weighted by atomic mass is 10.0. The highest BCUT2D eigenvalue weighted by molar-refractivity contribution is 8.01. The maximum atomic E-state index is 12.4. The second-order valence-corrected chi connectivity index (χ2v) is 7.78. The van der Waals surface area contributed by atoms with Crippen LogP contribution in [0.5, 0.6) is 0 Å². The summed E-state index contributed by atoms with van der Waals surface area (Å²) in [6.07, 6.45) is 6.11. The molecule has 2 aliphatic rings. The zero-order valence-electron chi connectivity index (χ0n) is 15.4. The van der Waals surface area contributed by atoms with Crippen LogP contribution in [-0.4, -0.2) is 41.1 Å². The molecule has 1 N–H and O–H groups in total. The third-order valence-corrected chi connectivity index (χ3v) is 5.92. The van der Waals surface area contributed by atoms with Crippen LogP contribution >= 0.6 is 11.8 Å². The number of benzene rings is 1. The quantitative estimate of drug-likeness (QED) is 0.757. The molecule has 0 fully saturated rings. The second-order valence-electron chi connectivity index (χ2n) is 6.54. The minimum absolute atomic E-state index is 0.0626. The van der Waals surface area contributed by atoms with E-state index >= 15 is 0 Å². The molecule has 1 aromatic carbocycles. The van der Waals surface area contributed by atoms with Crippen LogP contribution in [0.1, 0.15) is 39.0 Å². The van der Waals surface area contributed by atoms with Gasteiger partial charge in [-0.2, -0.15) is 0 Å². The maximum Gasteiger partial charge on any atom is 0.307 e. The van der Waals surface area contributed by atoms with E-state index < -0.39 is 11.2 Å². The second kappa shape index (κ2) is 9.08. The molecular weight excluding hydrogens is 364 g/mol. The lowest BCUT2D eigenvalue weighted by Crippen LogP contribution is -2.35. The summed E-state index contributed by atoms with van der Waals surface area (Å²) in [6.45, 7) is 2.18. The number of para-hydroxylation sites is 1. The highest BCUT2D eigenvalue weighted by Gasteiger charge is 2.30. The van der Waals surface area contributed by atoms with Crippen molar-refractivity contribution in [2.24, 2.45) is 0 Å². The number of allylic oxidation sites excluding steroid dienone is 2. The number of likely N-dealkylation sites (N-methyl/N-ethyl adjacent to an activating group) is 1. The fourth-order valence-electron chi connectivity index (χ4n) is 3.26. The van der Waals surface area contributed by atoms with Crippen molar-refractivity contribution in [3.05, 3.63) is 36.0 Å². The molecule has 7 heteroatoms. The average Bonchev–Trinajstić information content (AvgIpc) is 2.68. The summed E-state index contributed by atoms with van der Waals surface area (Å²) in [4.78, 5) is 39.4. The minimum atomic E-state index is -0.550. The van der Waals surface area contributed by atoms with Crippen molar-refractivity contribution in [2.45, 2.75) is 49.2 Å². The molecule has 0 unspecified atom stereocenters. The minimum Gasteiger partial charge on any atom is -0.456 e. The van der Waals surface area contributed by atoms with Gasteiger partial charge in [-0.15, -0.1) is 11.8 Å². The van der Waals surface area contributed by atoms with E-state index in [9.17, 15) is 14.4 Å². The van der Waals surface area contributed by atoms with Crippen molar-refractivity contribution in [1.82, 2.24) is 4.90 Å². The maximum absolute atomic E-state index is 12.4. The van der Waals surface area contributed by atoms with Crippen LogP contribution in [0.2, 0.25) is 0 Å². The number of amides is 2. The number of thioether (sulfide) groups is 1. The normalized spacial score (nSPS) is 18.8. The lowest BCUT2D eigenvalue weighted by Gasteiger charge is -2.26. The number of hydrogen-bond donors (Lipinski definition) is 1. The summed E-state index contributed by atoms with van der Waals surface area (Å²) >= 11 is 1.34. The van der Waals surface area contributed by atoms with E-state index in [0.29, 0.717) is 6.54 Å². The zero-order chi connectivity index (χ0) is 19.2. The number of rotatable bonds is 6. The predicted octanol–water partition coefficient (Wildman–Crippen LogP) is 3.34. The van der Waals surface area contributed by atoms with E-state index in [1.807, 2.05) is 31.2 Å². The van der Waals surface area contributed by atoms with Crippen molar-refractivity contribution in [1.29, 1.82) is 0 Å². The van der Waals surface area contributed by atoms with Crippen LogP contribution in [0.3, 0.4) is 0 Å². The summed E-state index contributed by atoms with van der Waals surface area (Å²) in [7, 11) is 0. The Bertz CT molecular complexity index is 762. The van der Waals surface area contributed by atoms with Crippen LogP contribution in [-0.2, 0) is 19.1 Å². The molecule has 0 saturated heterocycles. The van der Waals surface area contributed by atoms with Crippen LogP contribution in [0.25, 0.3) is 0 Å². The van der Waals surface area contributed by atoms with Gasteiger partial charge in [0.25, 0.3) is 5.91 Å². The highest BCUT2D eigenvalue weighted by atomic mass is 32.2. The predicted molar refractivity (Wildman–Crippen MR) is 104 cm³/mol. The lowest BCUT2D eigenvalue weighted by molar-refractivity contribution is -0.151. The molecule has 0 spiro atoms. The number of carbonyl (C=O) groups is 3. The molecule has 1 aliphatic carbocycles. The van der Waals surface area contributed by atoms with Gasteiger partial charge in [0.15, 0.2) is 6.61 Å². The number of hydrogen-bond acceptors (Lipinski definition) is 5. The van der Waals surface area contributed by atoms with Gasteiger partial charge in [-0.05, 0) is 44.7 Å². The number of nitrogens with zero attached hydrogens (tertiary/aromatic N) is 1. The van der Waals surface area contributed by atoms with Gasteiger partial charge >= 0.3 is 5.97 Å². The van der Waals surface area contributed by atoms with Crippen LogP contribution in [0.4, 0.5) is 5.69 Å². The molecule has 1 heterocycles.